The average Bonchev–Trinajstić information content (AvgIpc) is 2.35. The van der Waals surface area contributed by atoms with Crippen LogP contribution in [-0.4, -0.2) is 85.1 Å². The number of carbonyl (C=O) groups excluding carboxylic acids is 2. The van der Waals surface area contributed by atoms with Crippen LogP contribution < -0.4 is 0 Å². The second kappa shape index (κ2) is 10.0. The standard InChI is InChI=1S/C6H12O6.C3H6O3/c7-1-3(9)5(11)6(12)4(10)2-8;1-2(4)3(5)6/h3,5-9,11-12H,1-2H2;3,5-6H,1H3/t3-,5-,6-;/m1./s1. The Balaban J connectivity index is 0. The second-order valence-corrected chi connectivity index (χ2v) is 3.29. The molecule has 0 amide bonds. The van der Waals surface area contributed by atoms with Gasteiger partial charge in [-0.3, -0.25) is 9.59 Å². The van der Waals surface area contributed by atoms with Crippen LogP contribution in [0.4, 0.5) is 0 Å². The lowest BCUT2D eigenvalue weighted by atomic mass is 10.1. The molecule has 0 radical (unpaired) electrons. The van der Waals surface area contributed by atoms with Crippen LogP contribution in [0.1, 0.15) is 6.92 Å². The van der Waals surface area contributed by atoms with E-state index in [1.807, 2.05) is 0 Å². The number of carbonyl (C=O) groups is 2. The predicted octanol–water partition coefficient (Wildman–Crippen LogP) is -4.49. The lowest BCUT2D eigenvalue weighted by molar-refractivity contribution is -0.143. The van der Waals surface area contributed by atoms with E-state index in [1.165, 1.54) is 0 Å². The van der Waals surface area contributed by atoms with Gasteiger partial charge in [-0.2, -0.15) is 0 Å². The minimum atomic E-state index is -1.86. The molecule has 0 saturated heterocycles. The molecule has 0 aliphatic carbocycles. The first-order valence-electron chi connectivity index (χ1n) is 4.84. The molecule has 9 nitrogen and oxygen atoms in total. The highest BCUT2D eigenvalue weighted by Gasteiger charge is 2.28. The molecule has 0 spiro atoms. The zero-order valence-electron chi connectivity index (χ0n) is 9.67. The summed E-state index contributed by atoms with van der Waals surface area (Å²) in [6.45, 7) is -0.585. The van der Waals surface area contributed by atoms with Crippen LogP contribution in [0.2, 0.25) is 0 Å². The Labute approximate surface area is 103 Å². The number of ketones is 2. The molecule has 0 aromatic carbocycles. The van der Waals surface area contributed by atoms with Crippen LogP contribution in [0.3, 0.4) is 0 Å². The Morgan fingerprint density at radius 3 is 1.61 bits per heavy atom. The van der Waals surface area contributed by atoms with Gasteiger partial charge >= 0.3 is 0 Å². The van der Waals surface area contributed by atoms with Gasteiger partial charge in [0.1, 0.15) is 24.9 Å². The van der Waals surface area contributed by atoms with Crippen LogP contribution >= 0.6 is 0 Å². The molecule has 0 bridgehead atoms. The van der Waals surface area contributed by atoms with Gasteiger partial charge in [0.25, 0.3) is 0 Å². The molecule has 18 heavy (non-hydrogen) atoms. The third kappa shape index (κ3) is 8.20. The van der Waals surface area contributed by atoms with E-state index in [4.69, 9.17) is 35.7 Å². The van der Waals surface area contributed by atoms with E-state index in [2.05, 4.69) is 0 Å². The van der Waals surface area contributed by atoms with Crippen molar-refractivity contribution in [3.05, 3.63) is 0 Å². The highest BCUT2D eigenvalue weighted by Crippen LogP contribution is 2.00. The lowest BCUT2D eigenvalue weighted by Crippen LogP contribution is -2.44. The molecule has 0 fully saturated rings. The first-order chi connectivity index (χ1) is 8.18. The molecule has 0 unspecified atom stereocenters. The van der Waals surface area contributed by atoms with Crippen molar-refractivity contribution in [2.24, 2.45) is 0 Å². The van der Waals surface area contributed by atoms with Crippen molar-refractivity contribution < 1.29 is 45.3 Å². The Morgan fingerprint density at radius 2 is 1.39 bits per heavy atom. The third-order valence-electron chi connectivity index (χ3n) is 1.75. The summed E-state index contributed by atoms with van der Waals surface area (Å²) in [5.74, 6) is -1.63. The maximum absolute atomic E-state index is 10.5. The summed E-state index contributed by atoms with van der Waals surface area (Å²) in [7, 11) is 0. The average molecular weight is 270 g/mol. The minimum Gasteiger partial charge on any atom is -0.394 e. The van der Waals surface area contributed by atoms with Crippen molar-refractivity contribution in [1.29, 1.82) is 0 Å². The largest absolute Gasteiger partial charge is 0.394 e. The summed E-state index contributed by atoms with van der Waals surface area (Å²) in [6.07, 6.45) is -7.01. The topological polar surface area (TPSA) is 176 Å². The maximum Gasteiger partial charge on any atom is 0.212 e. The fourth-order valence-corrected chi connectivity index (χ4v) is 0.602. The summed E-state index contributed by atoms with van der Waals surface area (Å²) in [5, 5.41) is 58.7. The van der Waals surface area contributed by atoms with E-state index < -0.39 is 49.4 Å². The second-order valence-electron chi connectivity index (χ2n) is 3.29. The van der Waals surface area contributed by atoms with Crippen molar-refractivity contribution in [3.8, 4) is 0 Å². The predicted molar refractivity (Wildman–Crippen MR) is 56.1 cm³/mol. The van der Waals surface area contributed by atoms with Crippen molar-refractivity contribution in [2.75, 3.05) is 13.2 Å². The van der Waals surface area contributed by atoms with Gasteiger partial charge in [-0.15, -0.1) is 0 Å². The van der Waals surface area contributed by atoms with Crippen molar-refractivity contribution in [2.45, 2.75) is 31.5 Å². The molecule has 7 N–H and O–H groups in total. The molecule has 0 heterocycles. The fourth-order valence-electron chi connectivity index (χ4n) is 0.602. The van der Waals surface area contributed by atoms with E-state index in [-0.39, 0.29) is 0 Å². The summed E-state index contributed by atoms with van der Waals surface area (Å²) in [6, 6.07) is 0. The van der Waals surface area contributed by atoms with Crippen LogP contribution in [0, 0.1) is 0 Å². The number of aliphatic hydroxyl groups is 7. The Hall–Kier alpha value is -0.940. The Kier molecular flexibility index (Phi) is 10.8. The third-order valence-corrected chi connectivity index (χ3v) is 1.75. The smallest absolute Gasteiger partial charge is 0.212 e. The van der Waals surface area contributed by atoms with Crippen LogP contribution in [-0.2, 0) is 9.59 Å². The number of rotatable bonds is 6. The molecule has 0 saturated carbocycles. The van der Waals surface area contributed by atoms with Crippen LogP contribution in [0.15, 0.2) is 0 Å². The number of hydrogen-bond acceptors (Lipinski definition) is 9. The summed E-state index contributed by atoms with van der Waals surface area (Å²) < 4.78 is 0. The molecule has 0 aliphatic heterocycles. The molecular weight excluding hydrogens is 252 g/mol. The molecule has 9 heteroatoms. The highest BCUT2D eigenvalue weighted by molar-refractivity contribution is 5.84. The van der Waals surface area contributed by atoms with E-state index in [0.29, 0.717) is 0 Å². The zero-order chi connectivity index (χ0) is 14.9. The Morgan fingerprint density at radius 1 is 1.00 bits per heavy atom. The number of hydrogen-bond donors (Lipinski definition) is 7. The van der Waals surface area contributed by atoms with Gasteiger partial charge in [-0.25, -0.2) is 0 Å². The Bertz CT molecular complexity index is 252. The molecule has 0 aliphatic rings. The van der Waals surface area contributed by atoms with Gasteiger partial charge < -0.3 is 35.7 Å². The number of aliphatic hydroxyl groups excluding tert-OH is 6. The first-order valence-corrected chi connectivity index (χ1v) is 4.84. The van der Waals surface area contributed by atoms with Crippen molar-refractivity contribution >= 4 is 11.6 Å². The molecular formula is C9H18O9. The van der Waals surface area contributed by atoms with E-state index >= 15 is 0 Å². The van der Waals surface area contributed by atoms with E-state index in [1.54, 1.807) is 0 Å². The van der Waals surface area contributed by atoms with Gasteiger partial charge in [0.2, 0.25) is 6.29 Å². The molecule has 0 aromatic heterocycles. The summed E-state index contributed by atoms with van der Waals surface area (Å²) in [5.41, 5.74) is 0. The maximum atomic E-state index is 10.5. The normalized spacial score (nSPS) is 15.4. The van der Waals surface area contributed by atoms with E-state index in [9.17, 15) is 9.59 Å². The van der Waals surface area contributed by atoms with Gasteiger partial charge in [-0.05, 0) is 6.92 Å². The number of Topliss-reactive ketones (excluding diaryl/α,β-unsaturated/α-hetero) is 2. The summed E-state index contributed by atoms with van der Waals surface area (Å²) in [4.78, 5) is 20.2. The fraction of sp³-hybridized carbons (Fsp3) is 0.778. The molecule has 0 aromatic rings. The monoisotopic (exact) mass is 270 g/mol. The molecule has 108 valence electrons. The minimum absolute atomic E-state index is 0.630. The summed E-state index contributed by atoms with van der Waals surface area (Å²) >= 11 is 0. The van der Waals surface area contributed by atoms with Crippen molar-refractivity contribution in [3.63, 3.8) is 0 Å². The van der Waals surface area contributed by atoms with Gasteiger partial charge in [0.05, 0.1) is 6.61 Å². The van der Waals surface area contributed by atoms with Gasteiger partial charge in [0.15, 0.2) is 11.6 Å². The quantitative estimate of drug-likeness (QED) is 0.234. The van der Waals surface area contributed by atoms with Crippen molar-refractivity contribution in [1.82, 2.24) is 0 Å². The van der Waals surface area contributed by atoms with Crippen LogP contribution in [0.5, 0.6) is 0 Å². The first kappa shape index (κ1) is 19.4. The SMILES string of the molecule is CC(=O)C(O)O.O=C(CO)[C@@H](O)[C@H](O)[C@H](O)CO. The van der Waals surface area contributed by atoms with Crippen LogP contribution in [0.25, 0.3) is 0 Å². The molecule has 0 rings (SSSR count). The molecule has 3 atom stereocenters. The highest BCUT2D eigenvalue weighted by atomic mass is 16.5. The lowest BCUT2D eigenvalue weighted by Gasteiger charge is -2.19. The zero-order valence-corrected chi connectivity index (χ0v) is 9.67. The van der Waals surface area contributed by atoms with Gasteiger partial charge in [0, 0.05) is 0 Å². The van der Waals surface area contributed by atoms with E-state index in [0.717, 1.165) is 6.92 Å². The van der Waals surface area contributed by atoms with Gasteiger partial charge in [-0.1, -0.05) is 0 Å².